The standard InChI is InChI=1S/C17H21NO2/c1-14(19)11-18-12-16-9-5-6-10-17(16)20-13-15-7-3-2-4-8-15/h2-10,14,18-19H,11-13H2,1H3/p+1/t14-/m0/s1. The zero-order valence-electron chi connectivity index (χ0n) is 11.8. The summed E-state index contributed by atoms with van der Waals surface area (Å²) in [5.41, 5.74) is 2.32. The molecular weight excluding hydrogens is 250 g/mol. The second-order valence-corrected chi connectivity index (χ2v) is 4.96. The second kappa shape index (κ2) is 7.68. The van der Waals surface area contributed by atoms with Crippen molar-refractivity contribution in [2.45, 2.75) is 26.2 Å². The van der Waals surface area contributed by atoms with Crippen LogP contribution < -0.4 is 10.1 Å². The first-order chi connectivity index (χ1) is 9.75. The van der Waals surface area contributed by atoms with Crippen molar-refractivity contribution in [2.75, 3.05) is 6.54 Å². The van der Waals surface area contributed by atoms with Crippen LogP contribution in [0.25, 0.3) is 0 Å². The third kappa shape index (κ3) is 4.68. The van der Waals surface area contributed by atoms with Gasteiger partial charge in [-0.05, 0) is 24.6 Å². The van der Waals surface area contributed by atoms with Crippen LogP contribution in [0.4, 0.5) is 0 Å². The minimum Gasteiger partial charge on any atom is -0.488 e. The van der Waals surface area contributed by atoms with Crippen LogP contribution in [0.15, 0.2) is 54.6 Å². The normalized spacial score (nSPS) is 12.1. The van der Waals surface area contributed by atoms with E-state index in [2.05, 4.69) is 23.5 Å². The lowest BCUT2D eigenvalue weighted by atomic mass is 10.2. The van der Waals surface area contributed by atoms with Crippen LogP contribution in [-0.4, -0.2) is 17.8 Å². The fraction of sp³-hybridized carbons (Fsp3) is 0.294. The predicted octanol–water partition coefficient (Wildman–Crippen LogP) is 1.71. The van der Waals surface area contributed by atoms with E-state index in [1.54, 1.807) is 6.92 Å². The van der Waals surface area contributed by atoms with E-state index in [1.165, 1.54) is 0 Å². The molecule has 3 heteroatoms. The van der Waals surface area contributed by atoms with Gasteiger partial charge in [-0.25, -0.2) is 0 Å². The highest BCUT2D eigenvalue weighted by atomic mass is 16.5. The molecule has 0 aromatic heterocycles. The van der Waals surface area contributed by atoms with Gasteiger partial charge in [-0.15, -0.1) is 0 Å². The molecule has 20 heavy (non-hydrogen) atoms. The number of ether oxygens (including phenoxy) is 1. The molecular formula is C17H22NO2+. The SMILES string of the molecule is C[C@H](O)C[NH2+]Cc1ccccc1OCc1ccccc1. The van der Waals surface area contributed by atoms with E-state index in [0.717, 1.165) is 23.4 Å². The summed E-state index contributed by atoms with van der Waals surface area (Å²) >= 11 is 0. The summed E-state index contributed by atoms with van der Waals surface area (Å²) in [6, 6.07) is 18.2. The van der Waals surface area contributed by atoms with Crippen LogP contribution >= 0.6 is 0 Å². The van der Waals surface area contributed by atoms with Crippen molar-refractivity contribution in [3.8, 4) is 5.75 Å². The van der Waals surface area contributed by atoms with Crippen LogP contribution in [0.2, 0.25) is 0 Å². The Hall–Kier alpha value is -1.84. The van der Waals surface area contributed by atoms with Gasteiger partial charge in [0.1, 0.15) is 25.4 Å². The van der Waals surface area contributed by atoms with E-state index in [-0.39, 0.29) is 6.10 Å². The number of para-hydroxylation sites is 1. The van der Waals surface area contributed by atoms with Gasteiger partial charge >= 0.3 is 0 Å². The van der Waals surface area contributed by atoms with Crippen molar-refractivity contribution >= 4 is 0 Å². The van der Waals surface area contributed by atoms with Gasteiger partial charge in [0.25, 0.3) is 0 Å². The molecule has 2 aromatic rings. The number of aliphatic hydroxyl groups excluding tert-OH is 1. The molecule has 2 rings (SSSR count). The predicted molar refractivity (Wildman–Crippen MR) is 79.4 cm³/mol. The van der Waals surface area contributed by atoms with Crippen molar-refractivity contribution in [3.63, 3.8) is 0 Å². The molecule has 1 atom stereocenters. The summed E-state index contributed by atoms with van der Waals surface area (Å²) in [5.74, 6) is 0.915. The fourth-order valence-corrected chi connectivity index (χ4v) is 2.03. The first-order valence-electron chi connectivity index (χ1n) is 7.00. The number of quaternary nitrogens is 1. The van der Waals surface area contributed by atoms with Crippen LogP contribution in [0.5, 0.6) is 5.75 Å². The monoisotopic (exact) mass is 272 g/mol. The maximum atomic E-state index is 9.29. The van der Waals surface area contributed by atoms with E-state index >= 15 is 0 Å². The van der Waals surface area contributed by atoms with E-state index in [0.29, 0.717) is 13.2 Å². The summed E-state index contributed by atoms with van der Waals surface area (Å²) in [6.07, 6.45) is -0.285. The third-order valence-electron chi connectivity index (χ3n) is 3.08. The molecule has 0 amide bonds. The minimum absolute atomic E-state index is 0.285. The van der Waals surface area contributed by atoms with E-state index < -0.39 is 0 Å². The highest BCUT2D eigenvalue weighted by Gasteiger charge is 2.06. The molecule has 0 heterocycles. The van der Waals surface area contributed by atoms with E-state index in [1.807, 2.05) is 36.4 Å². The number of nitrogens with two attached hydrogens (primary N) is 1. The number of rotatable bonds is 7. The lowest BCUT2D eigenvalue weighted by Crippen LogP contribution is -2.84. The van der Waals surface area contributed by atoms with E-state index in [4.69, 9.17) is 4.74 Å². The Morgan fingerprint density at radius 3 is 2.50 bits per heavy atom. The number of aliphatic hydroxyl groups is 1. The number of hydrogen-bond acceptors (Lipinski definition) is 2. The highest BCUT2D eigenvalue weighted by Crippen LogP contribution is 2.18. The average molecular weight is 272 g/mol. The van der Waals surface area contributed by atoms with Crippen molar-refractivity contribution in [1.29, 1.82) is 0 Å². The lowest BCUT2D eigenvalue weighted by molar-refractivity contribution is -0.676. The number of hydrogen-bond donors (Lipinski definition) is 2. The molecule has 0 unspecified atom stereocenters. The van der Waals surface area contributed by atoms with Gasteiger partial charge < -0.3 is 15.2 Å². The third-order valence-corrected chi connectivity index (χ3v) is 3.08. The van der Waals surface area contributed by atoms with Gasteiger partial charge in [-0.3, -0.25) is 0 Å². The van der Waals surface area contributed by atoms with Gasteiger partial charge in [0.2, 0.25) is 0 Å². The molecule has 3 N–H and O–H groups in total. The molecule has 0 saturated heterocycles. The van der Waals surface area contributed by atoms with Crippen LogP contribution in [0.3, 0.4) is 0 Å². The molecule has 3 nitrogen and oxygen atoms in total. The smallest absolute Gasteiger partial charge is 0.128 e. The van der Waals surface area contributed by atoms with Gasteiger partial charge in [0.15, 0.2) is 0 Å². The number of benzene rings is 2. The Morgan fingerprint density at radius 1 is 1.05 bits per heavy atom. The Kier molecular flexibility index (Phi) is 5.59. The molecule has 0 aliphatic rings. The van der Waals surface area contributed by atoms with Gasteiger partial charge in [0, 0.05) is 5.56 Å². The summed E-state index contributed by atoms with van der Waals surface area (Å²) in [4.78, 5) is 0. The molecule has 2 aromatic carbocycles. The highest BCUT2D eigenvalue weighted by molar-refractivity contribution is 5.32. The summed E-state index contributed by atoms with van der Waals surface area (Å²) in [5, 5.41) is 11.4. The molecule has 0 bridgehead atoms. The molecule has 106 valence electrons. The first kappa shape index (κ1) is 14.6. The maximum absolute atomic E-state index is 9.29. The Labute approximate surface area is 120 Å². The molecule has 0 aliphatic heterocycles. The lowest BCUT2D eigenvalue weighted by Gasteiger charge is -2.11. The van der Waals surface area contributed by atoms with Crippen LogP contribution in [-0.2, 0) is 13.2 Å². The Bertz CT molecular complexity index is 511. The Morgan fingerprint density at radius 2 is 1.75 bits per heavy atom. The van der Waals surface area contributed by atoms with Crippen molar-refractivity contribution in [3.05, 3.63) is 65.7 Å². The van der Waals surface area contributed by atoms with Gasteiger partial charge in [-0.2, -0.15) is 0 Å². The largest absolute Gasteiger partial charge is 0.488 e. The van der Waals surface area contributed by atoms with Crippen molar-refractivity contribution in [1.82, 2.24) is 0 Å². The fourth-order valence-electron chi connectivity index (χ4n) is 2.03. The zero-order valence-corrected chi connectivity index (χ0v) is 11.8. The quantitative estimate of drug-likeness (QED) is 0.806. The molecule has 0 spiro atoms. The molecule has 0 aliphatic carbocycles. The zero-order chi connectivity index (χ0) is 14.2. The molecule has 0 saturated carbocycles. The van der Waals surface area contributed by atoms with Crippen LogP contribution in [0.1, 0.15) is 18.1 Å². The average Bonchev–Trinajstić information content (AvgIpc) is 2.47. The van der Waals surface area contributed by atoms with Crippen molar-refractivity contribution < 1.29 is 15.2 Å². The first-order valence-corrected chi connectivity index (χ1v) is 7.00. The summed E-state index contributed by atoms with van der Waals surface area (Å²) in [7, 11) is 0. The summed E-state index contributed by atoms with van der Waals surface area (Å²) < 4.78 is 5.90. The molecule has 0 fully saturated rings. The second-order valence-electron chi connectivity index (χ2n) is 4.96. The Balaban J connectivity index is 1.93. The topological polar surface area (TPSA) is 46.1 Å². The van der Waals surface area contributed by atoms with Crippen LogP contribution in [0, 0.1) is 0 Å². The van der Waals surface area contributed by atoms with Crippen molar-refractivity contribution in [2.24, 2.45) is 0 Å². The maximum Gasteiger partial charge on any atom is 0.128 e. The summed E-state index contributed by atoms with van der Waals surface area (Å²) in [6.45, 7) is 3.89. The van der Waals surface area contributed by atoms with Gasteiger partial charge in [-0.1, -0.05) is 42.5 Å². The molecule has 0 radical (unpaired) electrons. The van der Waals surface area contributed by atoms with Gasteiger partial charge in [0.05, 0.1) is 6.10 Å². The minimum atomic E-state index is -0.285. The van der Waals surface area contributed by atoms with E-state index in [9.17, 15) is 5.11 Å².